The first kappa shape index (κ1) is 34.2. The van der Waals surface area contributed by atoms with Crippen LogP contribution in [-0.2, 0) is 4.84 Å². The van der Waals surface area contributed by atoms with E-state index in [2.05, 4.69) is 25.6 Å². The van der Waals surface area contributed by atoms with Gasteiger partial charge in [0.25, 0.3) is 11.8 Å². The van der Waals surface area contributed by atoms with Crippen LogP contribution in [0.3, 0.4) is 0 Å². The van der Waals surface area contributed by atoms with Crippen LogP contribution in [0.5, 0.6) is 0 Å². The van der Waals surface area contributed by atoms with Gasteiger partial charge >= 0.3 is 0 Å². The smallest absolute Gasteiger partial charge is 0.255 e. The third-order valence-electron chi connectivity index (χ3n) is 8.33. The van der Waals surface area contributed by atoms with Crippen molar-refractivity contribution in [3.8, 4) is 0 Å². The van der Waals surface area contributed by atoms with Crippen molar-refractivity contribution in [2.75, 3.05) is 53.7 Å². The Kier molecular flexibility index (Phi) is 11.4. The molecule has 0 aliphatic carbocycles. The molecule has 0 aromatic heterocycles. The average molecular weight is 650 g/mol. The first-order valence-electron chi connectivity index (χ1n) is 16.4. The lowest BCUT2D eigenvalue weighted by Crippen LogP contribution is -2.21. The van der Waals surface area contributed by atoms with E-state index in [0.717, 1.165) is 48.4 Å². The fraction of sp³-hybridized carbons (Fsp3) is 0.289. The summed E-state index contributed by atoms with van der Waals surface area (Å²) in [5.41, 5.74) is 6.53. The summed E-state index contributed by atoms with van der Waals surface area (Å²) in [6.45, 7) is 6.82. The maximum atomic E-state index is 12.9. The molecule has 2 aliphatic heterocycles. The summed E-state index contributed by atoms with van der Waals surface area (Å²) in [6.07, 6.45) is 0.891. The number of hydrogen-bond donors (Lipinski definition) is 4. The number of carbonyl (C=O) groups excluding carboxylic acids is 2. The van der Waals surface area contributed by atoms with Gasteiger partial charge in [0.1, 0.15) is 12.8 Å². The van der Waals surface area contributed by atoms with Crippen LogP contribution >= 0.6 is 0 Å². The molecule has 2 unspecified atom stereocenters. The number of nitrogens with one attached hydrogen (secondary N) is 2. The summed E-state index contributed by atoms with van der Waals surface area (Å²) in [4.78, 5) is 35.1. The van der Waals surface area contributed by atoms with Gasteiger partial charge in [0.15, 0.2) is 0 Å². The fourth-order valence-electron chi connectivity index (χ4n) is 5.79. The Morgan fingerprint density at radius 1 is 0.625 bits per heavy atom. The molecule has 4 N–H and O–H groups in total. The van der Waals surface area contributed by atoms with E-state index >= 15 is 0 Å². The monoisotopic (exact) mass is 649 g/mol. The molecule has 48 heavy (non-hydrogen) atoms. The molecule has 250 valence electrons. The van der Waals surface area contributed by atoms with Crippen molar-refractivity contribution in [1.29, 1.82) is 0 Å². The first-order chi connectivity index (χ1) is 23.4. The van der Waals surface area contributed by atoms with Crippen molar-refractivity contribution in [2.45, 2.75) is 38.9 Å². The van der Waals surface area contributed by atoms with Gasteiger partial charge in [-0.2, -0.15) is 0 Å². The van der Waals surface area contributed by atoms with E-state index in [-0.39, 0.29) is 24.0 Å². The molecule has 2 fully saturated rings. The standard InChI is InChI=1S/C36H37N5O5.C2H6/c1-46-39-34(24-2-10-28(11-3-24)37-35(44)26-6-14-30(15-7-26)40-20-18-32(42)22-40)25-4-12-29(13-5-25)38-36(45)27-8-16-31(17-9-27)41-21-19-33(43)23-41;1-2/h2-17,32-33,42-43H,18-23H2,1H3,(H,37,44)(H,38,45);1-2H3. The van der Waals surface area contributed by atoms with Crippen LogP contribution in [0.1, 0.15) is 58.5 Å². The van der Waals surface area contributed by atoms with Gasteiger partial charge in [0, 0.05) is 71.2 Å². The minimum absolute atomic E-state index is 0.216. The van der Waals surface area contributed by atoms with Gasteiger partial charge < -0.3 is 35.5 Å². The van der Waals surface area contributed by atoms with E-state index in [1.54, 1.807) is 24.3 Å². The predicted molar refractivity (Wildman–Crippen MR) is 191 cm³/mol. The Morgan fingerprint density at radius 2 is 0.979 bits per heavy atom. The van der Waals surface area contributed by atoms with Crippen LogP contribution < -0.4 is 20.4 Å². The number of aliphatic hydroxyl groups excluding tert-OH is 2. The Balaban J connectivity index is 0.00000221. The van der Waals surface area contributed by atoms with Crippen LogP contribution in [0.15, 0.2) is 102 Å². The van der Waals surface area contributed by atoms with E-state index < -0.39 is 0 Å². The molecular formula is C38H43N5O5. The first-order valence-corrected chi connectivity index (χ1v) is 16.4. The SMILES string of the molecule is CC.CON=C(c1ccc(NC(=O)c2ccc(N3CCC(O)C3)cc2)cc1)c1ccc(NC(=O)c2ccc(N3CCC(O)C3)cc2)cc1. The maximum Gasteiger partial charge on any atom is 0.255 e. The number of carbonyl (C=O) groups is 2. The number of anilines is 4. The summed E-state index contributed by atoms with van der Waals surface area (Å²) in [5.74, 6) is -0.432. The number of β-amino-alcohol motifs (C(OH)–C–C–N with tert-alkyl or cyclic N) is 2. The van der Waals surface area contributed by atoms with Crippen LogP contribution in [-0.4, -0.2) is 73.2 Å². The maximum absolute atomic E-state index is 12.9. The lowest BCUT2D eigenvalue weighted by molar-refractivity contribution is 0.101. The van der Waals surface area contributed by atoms with Crippen molar-refractivity contribution in [3.63, 3.8) is 0 Å². The minimum Gasteiger partial charge on any atom is -0.399 e. The van der Waals surface area contributed by atoms with Crippen LogP contribution in [0.2, 0.25) is 0 Å². The number of rotatable bonds is 9. The van der Waals surface area contributed by atoms with Gasteiger partial charge in [-0.25, -0.2) is 0 Å². The highest BCUT2D eigenvalue weighted by Crippen LogP contribution is 2.24. The van der Waals surface area contributed by atoms with Gasteiger partial charge in [0.2, 0.25) is 0 Å². The molecule has 6 rings (SSSR count). The zero-order chi connectivity index (χ0) is 34.0. The van der Waals surface area contributed by atoms with E-state index in [4.69, 9.17) is 4.84 Å². The molecule has 4 aromatic rings. The summed E-state index contributed by atoms with van der Waals surface area (Å²) in [7, 11) is 1.48. The molecule has 2 heterocycles. The largest absolute Gasteiger partial charge is 0.399 e. The van der Waals surface area contributed by atoms with E-state index in [9.17, 15) is 19.8 Å². The highest BCUT2D eigenvalue weighted by atomic mass is 16.6. The highest BCUT2D eigenvalue weighted by Gasteiger charge is 2.22. The van der Waals surface area contributed by atoms with Crippen LogP contribution in [0.25, 0.3) is 0 Å². The molecule has 10 heteroatoms. The van der Waals surface area contributed by atoms with E-state index in [0.29, 0.717) is 41.3 Å². The summed E-state index contributed by atoms with van der Waals surface area (Å²) in [6, 6.07) is 29.4. The lowest BCUT2D eigenvalue weighted by Gasteiger charge is -2.18. The van der Waals surface area contributed by atoms with Crippen LogP contribution in [0, 0.1) is 0 Å². The Bertz CT molecular complexity index is 1570. The Labute approximate surface area is 281 Å². The second-order valence-electron chi connectivity index (χ2n) is 11.6. The molecule has 0 saturated carbocycles. The molecule has 0 spiro atoms. The molecule has 0 radical (unpaired) electrons. The van der Waals surface area contributed by atoms with Crippen molar-refractivity contribution in [2.24, 2.45) is 5.16 Å². The molecule has 4 aromatic carbocycles. The van der Waals surface area contributed by atoms with E-state index in [1.165, 1.54) is 7.11 Å². The fourth-order valence-corrected chi connectivity index (χ4v) is 5.79. The predicted octanol–water partition coefficient (Wildman–Crippen LogP) is 5.76. The molecule has 2 atom stereocenters. The molecule has 0 bridgehead atoms. The number of benzene rings is 4. The number of amides is 2. The second kappa shape index (κ2) is 16.1. The summed E-state index contributed by atoms with van der Waals surface area (Å²) in [5, 5.41) is 29.7. The molecule has 10 nitrogen and oxygen atoms in total. The van der Waals surface area contributed by atoms with Crippen LogP contribution in [0.4, 0.5) is 22.7 Å². The van der Waals surface area contributed by atoms with Crippen molar-refractivity contribution in [1.82, 2.24) is 0 Å². The highest BCUT2D eigenvalue weighted by molar-refractivity contribution is 6.13. The quantitative estimate of drug-likeness (QED) is 0.134. The van der Waals surface area contributed by atoms with Gasteiger partial charge in [-0.1, -0.05) is 43.3 Å². The Hall–Kier alpha value is -5.19. The lowest BCUT2D eigenvalue weighted by atomic mass is 10.0. The molecule has 2 amide bonds. The number of hydrogen-bond acceptors (Lipinski definition) is 8. The van der Waals surface area contributed by atoms with Crippen molar-refractivity contribution < 1.29 is 24.6 Å². The Morgan fingerprint density at radius 3 is 1.29 bits per heavy atom. The van der Waals surface area contributed by atoms with Gasteiger partial charge in [-0.15, -0.1) is 0 Å². The summed E-state index contributed by atoms with van der Waals surface area (Å²) >= 11 is 0. The van der Waals surface area contributed by atoms with Crippen molar-refractivity contribution in [3.05, 3.63) is 119 Å². The number of aliphatic hydroxyl groups is 2. The van der Waals surface area contributed by atoms with E-state index in [1.807, 2.05) is 86.6 Å². The molecule has 2 aliphatic rings. The van der Waals surface area contributed by atoms with Gasteiger partial charge in [0.05, 0.1) is 12.2 Å². The zero-order valence-electron chi connectivity index (χ0n) is 27.6. The van der Waals surface area contributed by atoms with Gasteiger partial charge in [-0.3, -0.25) is 9.59 Å². The average Bonchev–Trinajstić information content (AvgIpc) is 3.77. The zero-order valence-corrected chi connectivity index (χ0v) is 27.6. The normalized spacial score (nSPS) is 16.9. The number of nitrogens with zero attached hydrogens (tertiary/aromatic N) is 3. The topological polar surface area (TPSA) is 127 Å². The van der Waals surface area contributed by atoms with Gasteiger partial charge in [-0.05, 0) is 85.6 Å². The molecule has 2 saturated heterocycles. The minimum atomic E-state index is -0.306. The third kappa shape index (κ3) is 8.39. The van der Waals surface area contributed by atoms with Crippen molar-refractivity contribution >= 4 is 40.3 Å². The number of oxime groups is 1. The molecular weight excluding hydrogens is 606 g/mol. The summed E-state index contributed by atoms with van der Waals surface area (Å²) < 4.78 is 0. The third-order valence-corrected chi connectivity index (χ3v) is 8.33. The second-order valence-corrected chi connectivity index (χ2v) is 11.6.